The second-order valence-corrected chi connectivity index (χ2v) is 4.88. The number of nitrogens with zero attached hydrogens (tertiary/aromatic N) is 4. The van der Waals surface area contributed by atoms with Crippen molar-refractivity contribution in [3.05, 3.63) is 6.33 Å². The third-order valence-electron chi connectivity index (χ3n) is 3.29. The largest absolute Gasteiger partial charge is 0.367 e. The maximum Gasteiger partial charge on any atom is 0.244 e. The number of piperidine rings is 1. The molecule has 0 spiro atoms. The number of likely N-dealkylation sites (tertiary alicyclic amines) is 1. The van der Waals surface area contributed by atoms with Gasteiger partial charge in [-0.05, 0) is 25.7 Å². The van der Waals surface area contributed by atoms with Gasteiger partial charge in [0.25, 0.3) is 0 Å². The van der Waals surface area contributed by atoms with Crippen molar-refractivity contribution in [2.45, 2.75) is 39.3 Å². The van der Waals surface area contributed by atoms with Gasteiger partial charge >= 0.3 is 0 Å². The highest BCUT2D eigenvalue weighted by atomic mass is 16.2. The Bertz CT molecular complexity index is 402. The molecular formula is C11H19N5O. The first-order chi connectivity index (χ1) is 8.06. The second kappa shape index (κ2) is 4.73. The van der Waals surface area contributed by atoms with Crippen LogP contribution < -0.4 is 5.73 Å². The van der Waals surface area contributed by atoms with Gasteiger partial charge in [-0.15, -0.1) is 5.10 Å². The summed E-state index contributed by atoms with van der Waals surface area (Å²) < 4.78 is 1.49. The number of aromatic nitrogens is 3. The molecule has 0 aliphatic carbocycles. The van der Waals surface area contributed by atoms with E-state index in [-0.39, 0.29) is 18.4 Å². The maximum absolute atomic E-state index is 12.1. The zero-order valence-electron chi connectivity index (χ0n) is 10.3. The van der Waals surface area contributed by atoms with E-state index >= 15 is 0 Å². The molecule has 6 nitrogen and oxygen atoms in total. The van der Waals surface area contributed by atoms with E-state index in [1.807, 2.05) is 4.90 Å². The van der Waals surface area contributed by atoms with Gasteiger partial charge in [-0.3, -0.25) is 4.79 Å². The molecule has 1 saturated heterocycles. The minimum atomic E-state index is 0.0916. The van der Waals surface area contributed by atoms with Crippen molar-refractivity contribution in [3.8, 4) is 0 Å². The molecule has 2 atom stereocenters. The monoisotopic (exact) mass is 237 g/mol. The number of amides is 1. The van der Waals surface area contributed by atoms with Gasteiger partial charge in [0.1, 0.15) is 12.9 Å². The van der Waals surface area contributed by atoms with E-state index in [1.54, 1.807) is 0 Å². The zero-order valence-corrected chi connectivity index (χ0v) is 10.3. The Balaban J connectivity index is 1.99. The molecule has 0 radical (unpaired) electrons. The van der Waals surface area contributed by atoms with Crippen molar-refractivity contribution >= 4 is 11.9 Å². The first-order valence-corrected chi connectivity index (χ1v) is 6.00. The van der Waals surface area contributed by atoms with Crippen molar-refractivity contribution in [1.82, 2.24) is 19.7 Å². The number of carbonyl (C=O) groups excluding carboxylic acids is 1. The van der Waals surface area contributed by atoms with Crippen molar-refractivity contribution in [2.24, 2.45) is 5.92 Å². The number of hydrogen-bond donors (Lipinski definition) is 1. The van der Waals surface area contributed by atoms with Crippen molar-refractivity contribution in [3.63, 3.8) is 0 Å². The van der Waals surface area contributed by atoms with E-state index < -0.39 is 0 Å². The summed E-state index contributed by atoms with van der Waals surface area (Å²) in [5, 5.41) is 3.93. The summed E-state index contributed by atoms with van der Waals surface area (Å²) in [6.45, 7) is 5.34. The minimum absolute atomic E-state index is 0.0916. The Hall–Kier alpha value is -1.59. The summed E-state index contributed by atoms with van der Waals surface area (Å²) in [6, 6.07) is 0.319. The van der Waals surface area contributed by atoms with Gasteiger partial charge in [-0.1, -0.05) is 6.92 Å². The molecular weight excluding hydrogens is 218 g/mol. The molecule has 1 aromatic rings. The number of rotatable bonds is 2. The van der Waals surface area contributed by atoms with Gasteiger partial charge in [0.05, 0.1) is 0 Å². The lowest BCUT2D eigenvalue weighted by atomic mass is 9.95. The number of nitrogen functional groups attached to an aromatic ring is 1. The van der Waals surface area contributed by atoms with Crippen LogP contribution in [0.15, 0.2) is 6.33 Å². The smallest absolute Gasteiger partial charge is 0.244 e. The normalized spacial score (nSPS) is 24.9. The van der Waals surface area contributed by atoms with Crippen LogP contribution in [0.3, 0.4) is 0 Å². The molecule has 94 valence electrons. The van der Waals surface area contributed by atoms with E-state index in [1.165, 1.54) is 17.4 Å². The van der Waals surface area contributed by atoms with Crippen molar-refractivity contribution < 1.29 is 4.79 Å². The molecule has 0 saturated carbocycles. The van der Waals surface area contributed by atoms with Gasteiger partial charge in [0, 0.05) is 12.6 Å². The minimum Gasteiger partial charge on any atom is -0.367 e. The third kappa shape index (κ3) is 2.75. The standard InChI is InChI=1S/C11H19N5O/c1-8-3-4-9(2)16(5-8)10(17)6-15-7-13-11(12)14-15/h7-9H,3-6H2,1-2H3,(H2,12,14). The first kappa shape index (κ1) is 11.9. The van der Waals surface area contributed by atoms with Gasteiger partial charge in [0.2, 0.25) is 11.9 Å². The molecule has 1 aromatic heterocycles. The van der Waals surface area contributed by atoms with Crippen LogP contribution in [0.5, 0.6) is 0 Å². The predicted octanol–water partition coefficient (Wildman–Crippen LogP) is 0.507. The Labute approximate surface area is 101 Å². The fourth-order valence-electron chi connectivity index (χ4n) is 2.25. The van der Waals surface area contributed by atoms with Crippen LogP contribution in [-0.4, -0.2) is 38.2 Å². The number of carbonyl (C=O) groups is 1. The van der Waals surface area contributed by atoms with Crippen LogP contribution in [0.4, 0.5) is 5.95 Å². The highest BCUT2D eigenvalue weighted by Crippen LogP contribution is 2.21. The topological polar surface area (TPSA) is 77.0 Å². The Kier molecular flexibility index (Phi) is 3.31. The summed E-state index contributed by atoms with van der Waals surface area (Å²) in [4.78, 5) is 17.9. The fraction of sp³-hybridized carbons (Fsp3) is 0.727. The zero-order chi connectivity index (χ0) is 12.4. The lowest BCUT2D eigenvalue weighted by Crippen LogP contribution is -2.46. The Morgan fingerprint density at radius 2 is 2.29 bits per heavy atom. The van der Waals surface area contributed by atoms with Crippen LogP contribution in [0, 0.1) is 5.92 Å². The highest BCUT2D eigenvalue weighted by Gasteiger charge is 2.26. The lowest BCUT2D eigenvalue weighted by molar-refractivity contribution is -0.136. The number of anilines is 1. The van der Waals surface area contributed by atoms with Crippen LogP contribution in [0.25, 0.3) is 0 Å². The SMILES string of the molecule is CC1CCC(C)N(C(=O)Cn2cnc(N)n2)C1. The summed E-state index contributed by atoms with van der Waals surface area (Å²) in [6.07, 6.45) is 3.76. The van der Waals surface area contributed by atoms with E-state index in [4.69, 9.17) is 5.73 Å². The summed E-state index contributed by atoms with van der Waals surface area (Å²) in [5.74, 6) is 0.878. The molecule has 1 aliphatic rings. The van der Waals surface area contributed by atoms with E-state index in [9.17, 15) is 4.79 Å². The molecule has 0 aromatic carbocycles. The summed E-state index contributed by atoms with van der Waals surface area (Å²) in [7, 11) is 0. The molecule has 17 heavy (non-hydrogen) atoms. The average molecular weight is 237 g/mol. The summed E-state index contributed by atoms with van der Waals surface area (Å²) in [5.41, 5.74) is 5.41. The maximum atomic E-state index is 12.1. The Morgan fingerprint density at radius 1 is 1.53 bits per heavy atom. The predicted molar refractivity (Wildman–Crippen MR) is 64.0 cm³/mol. The molecule has 1 amide bonds. The van der Waals surface area contributed by atoms with Gasteiger partial charge in [-0.25, -0.2) is 9.67 Å². The number of hydrogen-bond acceptors (Lipinski definition) is 4. The van der Waals surface area contributed by atoms with Crippen LogP contribution >= 0.6 is 0 Å². The van der Waals surface area contributed by atoms with E-state index in [0.29, 0.717) is 12.0 Å². The molecule has 2 N–H and O–H groups in total. The lowest BCUT2D eigenvalue weighted by Gasteiger charge is -2.36. The van der Waals surface area contributed by atoms with Crippen LogP contribution in [0.1, 0.15) is 26.7 Å². The van der Waals surface area contributed by atoms with Crippen molar-refractivity contribution in [1.29, 1.82) is 0 Å². The van der Waals surface area contributed by atoms with Crippen LogP contribution in [-0.2, 0) is 11.3 Å². The number of nitrogens with two attached hydrogens (primary N) is 1. The van der Waals surface area contributed by atoms with Crippen LogP contribution in [0.2, 0.25) is 0 Å². The molecule has 0 bridgehead atoms. The molecule has 1 aliphatic heterocycles. The van der Waals surface area contributed by atoms with Gasteiger partial charge in [-0.2, -0.15) is 0 Å². The van der Waals surface area contributed by atoms with Crippen molar-refractivity contribution in [2.75, 3.05) is 12.3 Å². The molecule has 2 heterocycles. The average Bonchev–Trinajstić information content (AvgIpc) is 2.67. The van der Waals surface area contributed by atoms with Gasteiger partial charge in [0.15, 0.2) is 0 Å². The third-order valence-corrected chi connectivity index (χ3v) is 3.29. The quantitative estimate of drug-likeness (QED) is 0.813. The molecule has 2 unspecified atom stereocenters. The molecule has 1 fully saturated rings. The Morgan fingerprint density at radius 3 is 2.94 bits per heavy atom. The highest BCUT2D eigenvalue weighted by molar-refractivity contribution is 5.76. The molecule has 2 rings (SSSR count). The van der Waals surface area contributed by atoms with Gasteiger partial charge < -0.3 is 10.6 Å². The summed E-state index contributed by atoms with van der Waals surface area (Å²) >= 11 is 0. The van der Waals surface area contributed by atoms with E-state index in [2.05, 4.69) is 23.9 Å². The molecule has 6 heteroatoms. The van der Waals surface area contributed by atoms with E-state index in [0.717, 1.165) is 13.0 Å². The first-order valence-electron chi connectivity index (χ1n) is 6.00. The second-order valence-electron chi connectivity index (χ2n) is 4.88. The fourth-order valence-corrected chi connectivity index (χ4v) is 2.25.